The van der Waals surface area contributed by atoms with Gasteiger partial charge in [-0.15, -0.1) is 10.2 Å². The van der Waals surface area contributed by atoms with Gasteiger partial charge in [0.2, 0.25) is 0 Å². The molecule has 4 heterocycles. The van der Waals surface area contributed by atoms with Crippen molar-refractivity contribution in [2.75, 3.05) is 11.9 Å². The van der Waals surface area contributed by atoms with E-state index < -0.39 is 17.7 Å². The number of aromatic hydroxyl groups is 1. The van der Waals surface area contributed by atoms with E-state index in [4.69, 9.17) is 0 Å². The van der Waals surface area contributed by atoms with Gasteiger partial charge in [-0.3, -0.25) is 9.36 Å². The Balaban J connectivity index is 1.37. The van der Waals surface area contributed by atoms with E-state index in [9.17, 15) is 14.3 Å². The van der Waals surface area contributed by atoms with Gasteiger partial charge in [0.05, 0.1) is 17.8 Å². The Morgan fingerprint density at radius 2 is 2.00 bits per heavy atom. The second kappa shape index (κ2) is 8.75. The molecule has 0 saturated carbocycles. The van der Waals surface area contributed by atoms with Gasteiger partial charge in [0.1, 0.15) is 11.9 Å². The molecule has 0 unspecified atom stereocenters. The van der Waals surface area contributed by atoms with E-state index in [2.05, 4.69) is 20.5 Å². The molecule has 2 fully saturated rings. The van der Waals surface area contributed by atoms with Crippen LogP contribution in [0.15, 0.2) is 41.3 Å². The molecule has 8 nitrogen and oxygen atoms in total. The summed E-state index contributed by atoms with van der Waals surface area (Å²) in [4.78, 5) is 18.0. The van der Waals surface area contributed by atoms with Gasteiger partial charge < -0.3 is 15.3 Å². The molecule has 1 aromatic carbocycles. The summed E-state index contributed by atoms with van der Waals surface area (Å²) in [5.41, 5.74) is 0.687. The average molecular weight is 469 g/mol. The Labute approximate surface area is 195 Å². The minimum atomic E-state index is -1.00. The summed E-state index contributed by atoms with van der Waals surface area (Å²) >= 11 is 0. The number of aromatic nitrogens is 4. The van der Waals surface area contributed by atoms with Crippen LogP contribution < -0.4 is 15.8 Å². The molecule has 2 aliphatic rings. The van der Waals surface area contributed by atoms with E-state index in [1.807, 2.05) is 0 Å². The molecule has 0 radical (unpaired) electrons. The number of pyridine rings is 1. The molecule has 10 heteroatoms. The van der Waals surface area contributed by atoms with E-state index in [1.54, 1.807) is 24.1 Å². The quantitative estimate of drug-likeness (QED) is 0.569. The van der Waals surface area contributed by atoms with Crippen LogP contribution in [0.5, 0.6) is 5.75 Å². The van der Waals surface area contributed by atoms with E-state index >= 15 is 4.39 Å². The van der Waals surface area contributed by atoms with Crippen LogP contribution in [0.25, 0.3) is 22.5 Å². The average Bonchev–Trinajstić information content (AvgIpc) is 2.84. The molecule has 3 aromatic rings. The number of nitrogens with one attached hydrogen (secondary N) is 1. The van der Waals surface area contributed by atoms with Crippen molar-refractivity contribution >= 4 is 5.82 Å². The van der Waals surface area contributed by atoms with Crippen LogP contribution in [0, 0.1) is 5.95 Å². The lowest BCUT2D eigenvalue weighted by Gasteiger charge is -2.45. The van der Waals surface area contributed by atoms with Crippen LogP contribution in [0.1, 0.15) is 25.7 Å². The van der Waals surface area contributed by atoms with Crippen LogP contribution >= 0.6 is 0 Å². The molecule has 2 N–H and O–H groups in total. The maximum absolute atomic E-state index is 15.1. The number of halogens is 2. The fraction of sp³-hybridized carbons (Fsp3) is 0.417. The maximum Gasteiger partial charge on any atom is 0.253 e. The van der Waals surface area contributed by atoms with Crippen molar-refractivity contribution < 1.29 is 13.9 Å². The number of anilines is 1. The predicted molar refractivity (Wildman–Crippen MR) is 124 cm³/mol. The monoisotopic (exact) mass is 468 g/mol. The van der Waals surface area contributed by atoms with Crippen LogP contribution in [0.2, 0.25) is 0 Å². The summed E-state index contributed by atoms with van der Waals surface area (Å²) in [5.74, 6) is -0.138. The van der Waals surface area contributed by atoms with Gasteiger partial charge in [0.25, 0.3) is 5.56 Å². The number of phenolic OH excluding ortho intramolecular Hbond substituents is 1. The number of piperidine rings is 2. The summed E-state index contributed by atoms with van der Waals surface area (Å²) in [5, 5.41) is 22.3. The molecule has 0 amide bonds. The Morgan fingerprint density at radius 1 is 1.18 bits per heavy atom. The standard InChI is InChI=1S/C24H26F2N6O2/c1-31(18-11-15-4-3-5-17(28-15)23(18)26)21-12-27-24(30-29-21)16-7-6-13(8-19(16)33)14-9-20(25)32(2)22(34)10-14/h6-10,12,15,17-18,23,28,33H,3-5,11H2,1-2H3/t15-,17+,18-,23+/m0/s1. The number of benzene rings is 1. The molecule has 2 aliphatic heterocycles. The Kier molecular flexibility index (Phi) is 5.76. The second-order valence-corrected chi connectivity index (χ2v) is 9.10. The lowest BCUT2D eigenvalue weighted by Crippen LogP contribution is -2.61. The van der Waals surface area contributed by atoms with Crippen LogP contribution in [-0.4, -0.2) is 56.2 Å². The largest absolute Gasteiger partial charge is 0.507 e. The first-order chi connectivity index (χ1) is 16.3. The summed E-state index contributed by atoms with van der Waals surface area (Å²) in [6.45, 7) is 0. The van der Waals surface area contributed by atoms with Gasteiger partial charge in [-0.05, 0) is 48.6 Å². The topological polar surface area (TPSA) is 96.2 Å². The molecular weight excluding hydrogens is 442 g/mol. The smallest absolute Gasteiger partial charge is 0.253 e. The van der Waals surface area contributed by atoms with Crippen molar-refractivity contribution in [2.24, 2.45) is 7.05 Å². The highest BCUT2D eigenvalue weighted by atomic mass is 19.1. The first-order valence-electron chi connectivity index (χ1n) is 11.3. The van der Waals surface area contributed by atoms with Crippen molar-refractivity contribution in [1.82, 2.24) is 25.1 Å². The van der Waals surface area contributed by atoms with Crippen molar-refractivity contribution in [2.45, 2.75) is 50.0 Å². The molecule has 4 atom stereocenters. The minimum absolute atomic E-state index is 0.128. The number of rotatable bonds is 4. The first kappa shape index (κ1) is 22.4. The fourth-order valence-corrected chi connectivity index (χ4v) is 4.94. The number of nitrogens with zero attached hydrogens (tertiary/aromatic N) is 5. The van der Waals surface area contributed by atoms with E-state index in [0.29, 0.717) is 35.0 Å². The van der Waals surface area contributed by atoms with E-state index in [1.165, 1.54) is 31.4 Å². The highest BCUT2D eigenvalue weighted by molar-refractivity contribution is 5.72. The molecule has 2 saturated heterocycles. The maximum atomic E-state index is 15.1. The van der Waals surface area contributed by atoms with Gasteiger partial charge in [-0.1, -0.05) is 12.5 Å². The number of fused-ring (bicyclic) bond motifs is 2. The second-order valence-electron chi connectivity index (χ2n) is 9.10. The third-order valence-corrected chi connectivity index (χ3v) is 6.98. The van der Waals surface area contributed by atoms with Crippen molar-refractivity contribution in [1.29, 1.82) is 0 Å². The molecule has 178 valence electrons. The molecule has 5 rings (SSSR count). The Hall–Kier alpha value is -3.40. The zero-order chi connectivity index (χ0) is 24.0. The lowest BCUT2D eigenvalue weighted by molar-refractivity contribution is 0.107. The zero-order valence-corrected chi connectivity index (χ0v) is 18.9. The van der Waals surface area contributed by atoms with Gasteiger partial charge in [-0.25, -0.2) is 9.37 Å². The number of hydrogen-bond donors (Lipinski definition) is 2. The van der Waals surface area contributed by atoms with Crippen molar-refractivity contribution in [3.8, 4) is 28.3 Å². The predicted octanol–water partition coefficient (Wildman–Crippen LogP) is 2.81. The summed E-state index contributed by atoms with van der Waals surface area (Å²) in [6, 6.07) is 7.07. The molecule has 0 aliphatic carbocycles. The minimum Gasteiger partial charge on any atom is -0.507 e. The number of hydrogen-bond acceptors (Lipinski definition) is 7. The Bertz CT molecular complexity index is 1270. The normalized spacial score (nSPS) is 24.1. The summed E-state index contributed by atoms with van der Waals surface area (Å²) in [6.07, 6.45) is 4.16. The molecular formula is C24H26F2N6O2. The first-order valence-corrected chi connectivity index (χ1v) is 11.3. The molecule has 34 heavy (non-hydrogen) atoms. The highest BCUT2D eigenvalue weighted by Gasteiger charge is 2.42. The van der Waals surface area contributed by atoms with Gasteiger partial charge in [0, 0.05) is 32.2 Å². The molecule has 2 bridgehead atoms. The van der Waals surface area contributed by atoms with Crippen molar-refractivity contribution in [3.05, 3.63) is 52.8 Å². The fourth-order valence-electron chi connectivity index (χ4n) is 4.94. The van der Waals surface area contributed by atoms with E-state index in [-0.39, 0.29) is 23.7 Å². The van der Waals surface area contributed by atoms with E-state index in [0.717, 1.165) is 23.8 Å². The highest BCUT2D eigenvalue weighted by Crippen LogP contribution is 2.33. The Morgan fingerprint density at radius 3 is 2.71 bits per heavy atom. The molecule has 0 spiro atoms. The number of phenols is 1. The van der Waals surface area contributed by atoms with Gasteiger partial charge in [-0.2, -0.15) is 4.39 Å². The van der Waals surface area contributed by atoms with Crippen LogP contribution in [0.4, 0.5) is 14.6 Å². The molecule has 2 aromatic heterocycles. The van der Waals surface area contributed by atoms with Crippen molar-refractivity contribution in [3.63, 3.8) is 0 Å². The lowest BCUT2D eigenvalue weighted by atomic mass is 9.82. The van der Waals surface area contributed by atoms with Gasteiger partial charge in [0.15, 0.2) is 17.6 Å². The summed E-state index contributed by atoms with van der Waals surface area (Å²) in [7, 11) is 3.15. The zero-order valence-electron chi connectivity index (χ0n) is 18.9. The third-order valence-electron chi connectivity index (χ3n) is 6.98. The third kappa shape index (κ3) is 4.02. The summed E-state index contributed by atoms with van der Waals surface area (Å²) < 4.78 is 29.9. The number of alkyl halides is 1. The van der Waals surface area contributed by atoms with Crippen LogP contribution in [-0.2, 0) is 7.05 Å². The van der Waals surface area contributed by atoms with Crippen LogP contribution in [0.3, 0.4) is 0 Å². The van der Waals surface area contributed by atoms with Gasteiger partial charge >= 0.3 is 0 Å². The SMILES string of the molecule is CN(c1cnc(-c2ccc(-c3cc(F)n(C)c(=O)c3)cc2O)nn1)[C@H]1C[C@@H]2CCC[C@@H](N2)[C@H]1F.